The van der Waals surface area contributed by atoms with Crippen LogP contribution in [0.1, 0.15) is 0 Å². The third kappa shape index (κ3) is 1.64. The monoisotopic (exact) mass is 487 g/mol. The molecule has 0 aliphatic heterocycles. The van der Waals surface area contributed by atoms with E-state index in [1.807, 2.05) is 6.07 Å². The quantitative estimate of drug-likeness (QED) is 0.164. The van der Waals surface area contributed by atoms with Crippen LogP contribution >= 0.6 is 31.9 Å². The predicted molar refractivity (Wildman–Crippen MR) is 123 cm³/mol. The predicted octanol–water partition coefficient (Wildman–Crippen LogP) is 7.16. The molecule has 0 aliphatic carbocycles. The largest absolute Gasteiger partial charge is 0.303 e. The normalized spacial score (nSPS) is 12.6. The van der Waals surface area contributed by atoms with Crippen molar-refractivity contribution in [3.8, 4) is 0 Å². The minimum atomic E-state index is 0.816. The maximum atomic E-state index is 4.92. The highest BCUT2D eigenvalue weighted by Crippen LogP contribution is 2.42. The van der Waals surface area contributed by atoms with Crippen LogP contribution in [0.5, 0.6) is 0 Å². The van der Waals surface area contributed by atoms with Gasteiger partial charge in [0, 0.05) is 26.0 Å². The number of benzene rings is 3. The molecule has 0 bridgehead atoms. The number of hydrogen-bond donors (Lipinski definition) is 0. The Morgan fingerprint density at radius 3 is 1.86 bits per heavy atom. The van der Waals surface area contributed by atoms with Crippen LogP contribution in [-0.4, -0.2) is 13.8 Å². The molecule has 0 atom stereocenters. The van der Waals surface area contributed by atoms with E-state index in [1.54, 1.807) is 0 Å². The molecule has 7 rings (SSSR count). The van der Waals surface area contributed by atoms with Crippen molar-refractivity contribution in [2.75, 3.05) is 0 Å². The molecule has 5 heteroatoms. The number of halogens is 2. The van der Waals surface area contributed by atoms with Gasteiger partial charge >= 0.3 is 0 Å². The number of hydrogen-bond acceptors (Lipinski definition) is 1. The van der Waals surface area contributed by atoms with E-state index >= 15 is 0 Å². The summed E-state index contributed by atoms with van der Waals surface area (Å²) < 4.78 is 6.52. The van der Waals surface area contributed by atoms with E-state index in [2.05, 4.69) is 101 Å². The second kappa shape index (κ2) is 5.04. The van der Waals surface area contributed by atoms with Crippen molar-refractivity contribution in [3.63, 3.8) is 0 Å². The molecule has 4 heterocycles. The average Bonchev–Trinajstić information content (AvgIpc) is 3.21. The number of para-hydroxylation sites is 2. The topological polar surface area (TPSA) is 21.7 Å². The van der Waals surface area contributed by atoms with E-state index in [9.17, 15) is 0 Å². The number of pyridine rings is 1. The van der Waals surface area contributed by atoms with Crippen LogP contribution in [0.2, 0.25) is 0 Å². The second-order valence-corrected chi connectivity index (χ2v) is 8.83. The smallest absolute Gasteiger partial charge is 0.164 e. The molecule has 0 amide bonds. The van der Waals surface area contributed by atoms with Crippen molar-refractivity contribution in [2.45, 2.75) is 0 Å². The van der Waals surface area contributed by atoms with Crippen molar-refractivity contribution in [2.24, 2.45) is 0 Å². The number of fused-ring (bicyclic) bond motifs is 9. The summed E-state index contributed by atoms with van der Waals surface area (Å²) in [7, 11) is 0. The lowest BCUT2D eigenvalue weighted by Crippen LogP contribution is -2.00. The van der Waals surface area contributed by atoms with E-state index in [1.165, 1.54) is 43.6 Å². The summed E-state index contributed by atoms with van der Waals surface area (Å²) in [5.74, 6) is 0. The number of rotatable bonds is 0. The van der Waals surface area contributed by atoms with E-state index < -0.39 is 0 Å². The zero-order chi connectivity index (χ0) is 18.6. The third-order valence-electron chi connectivity index (χ3n) is 5.80. The van der Waals surface area contributed by atoms with Gasteiger partial charge in [-0.25, -0.2) is 4.98 Å². The Morgan fingerprint density at radius 1 is 0.607 bits per heavy atom. The van der Waals surface area contributed by atoms with Crippen LogP contribution in [0.15, 0.2) is 75.8 Å². The van der Waals surface area contributed by atoms with Gasteiger partial charge in [-0.3, -0.25) is 4.40 Å². The standard InChI is InChI=1S/C23H11Br2N3/c24-16-11-19(25)26-23-22(16)27-17-7-3-1-5-12(17)14-9-10-15-13-6-2-4-8-18(13)28(23)21(15)20(14)27/h1-11H. The Balaban J connectivity index is 2.03. The van der Waals surface area contributed by atoms with Gasteiger partial charge in [0.1, 0.15) is 10.1 Å². The van der Waals surface area contributed by atoms with Crippen LogP contribution in [0.25, 0.3) is 54.8 Å². The third-order valence-corrected chi connectivity index (χ3v) is 6.81. The Hall–Kier alpha value is -2.63. The molecule has 4 aromatic heterocycles. The summed E-state index contributed by atoms with van der Waals surface area (Å²) in [5.41, 5.74) is 6.87. The van der Waals surface area contributed by atoms with Crippen molar-refractivity contribution >= 4 is 86.6 Å². The number of aromatic nitrogens is 3. The van der Waals surface area contributed by atoms with Crippen molar-refractivity contribution < 1.29 is 0 Å². The lowest BCUT2D eigenvalue weighted by Gasteiger charge is -2.12. The molecule has 0 spiro atoms. The molecular weight excluding hydrogens is 478 g/mol. The van der Waals surface area contributed by atoms with E-state index in [0.29, 0.717) is 0 Å². The van der Waals surface area contributed by atoms with Gasteiger partial charge < -0.3 is 4.40 Å². The zero-order valence-corrected chi connectivity index (χ0v) is 17.6. The minimum absolute atomic E-state index is 0.816. The molecule has 0 aliphatic rings. The average molecular weight is 489 g/mol. The van der Waals surface area contributed by atoms with Gasteiger partial charge in [0.15, 0.2) is 5.65 Å². The maximum absolute atomic E-state index is 4.92. The first-order valence-corrected chi connectivity index (χ1v) is 10.6. The highest BCUT2D eigenvalue weighted by Gasteiger charge is 2.23. The summed E-state index contributed by atoms with van der Waals surface area (Å²) in [5, 5.41) is 5.05. The fraction of sp³-hybridized carbons (Fsp3) is 0. The summed E-state index contributed by atoms with van der Waals surface area (Å²) in [4.78, 5) is 4.92. The van der Waals surface area contributed by atoms with Crippen LogP contribution in [0.4, 0.5) is 0 Å². The Bertz CT molecular complexity index is 1740. The van der Waals surface area contributed by atoms with E-state index in [0.717, 1.165) is 20.2 Å². The first-order valence-electron chi connectivity index (χ1n) is 9.06. The molecule has 0 N–H and O–H groups in total. The molecule has 3 nitrogen and oxygen atoms in total. The highest BCUT2D eigenvalue weighted by molar-refractivity contribution is 9.11. The van der Waals surface area contributed by atoms with Crippen LogP contribution in [0.3, 0.4) is 0 Å². The number of nitrogens with zero attached hydrogens (tertiary/aromatic N) is 3. The summed E-state index contributed by atoms with van der Waals surface area (Å²) in [6, 6.07) is 23.7. The Kier molecular flexibility index (Phi) is 2.76. The van der Waals surface area contributed by atoms with Gasteiger partial charge in [-0.05, 0) is 50.1 Å². The Morgan fingerprint density at radius 2 is 1.18 bits per heavy atom. The molecule has 0 unspecified atom stereocenters. The second-order valence-electron chi connectivity index (χ2n) is 7.16. The molecule has 132 valence electrons. The SMILES string of the molecule is Brc1cc(Br)c2c(n1)n1c3ccccc3c3ccc4c5ccccc5n2c4c31. The molecule has 0 radical (unpaired) electrons. The summed E-state index contributed by atoms with van der Waals surface area (Å²) in [6.45, 7) is 0. The van der Waals surface area contributed by atoms with Crippen LogP contribution in [0, 0.1) is 0 Å². The molecule has 28 heavy (non-hydrogen) atoms. The zero-order valence-electron chi connectivity index (χ0n) is 14.4. The van der Waals surface area contributed by atoms with Crippen molar-refractivity contribution in [3.05, 3.63) is 75.8 Å². The van der Waals surface area contributed by atoms with Crippen LogP contribution < -0.4 is 0 Å². The van der Waals surface area contributed by atoms with Gasteiger partial charge in [-0.2, -0.15) is 0 Å². The summed E-state index contributed by atoms with van der Waals surface area (Å²) >= 11 is 7.41. The van der Waals surface area contributed by atoms with Gasteiger partial charge in [-0.15, -0.1) is 0 Å². The molecule has 0 saturated heterocycles. The molecule has 3 aromatic carbocycles. The highest BCUT2D eigenvalue weighted by atomic mass is 79.9. The Labute approximate surface area is 175 Å². The van der Waals surface area contributed by atoms with Crippen LogP contribution in [-0.2, 0) is 0 Å². The van der Waals surface area contributed by atoms with Gasteiger partial charge in [0.2, 0.25) is 0 Å². The lowest BCUT2D eigenvalue weighted by atomic mass is 10.1. The van der Waals surface area contributed by atoms with Gasteiger partial charge in [-0.1, -0.05) is 48.5 Å². The van der Waals surface area contributed by atoms with Crippen molar-refractivity contribution in [1.29, 1.82) is 0 Å². The first-order chi connectivity index (χ1) is 13.7. The molecular formula is C23H11Br2N3. The molecule has 0 fully saturated rings. The fourth-order valence-electron chi connectivity index (χ4n) is 4.78. The maximum Gasteiger partial charge on any atom is 0.164 e. The molecule has 0 saturated carbocycles. The summed E-state index contributed by atoms with van der Waals surface area (Å²) in [6.07, 6.45) is 0. The molecule has 7 aromatic rings. The first kappa shape index (κ1) is 15.3. The van der Waals surface area contributed by atoms with Crippen molar-refractivity contribution in [1.82, 2.24) is 13.8 Å². The van der Waals surface area contributed by atoms with Gasteiger partial charge in [0.05, 0.1) is 22.1 Å². The minimum Gasteiger partial charge on any atom is -0.303 e. The van der Waals surface area contributed by atoms with E-state index in [4.69, 9.17) is 4.98 Å². The van der Waals surface area contributed by atoms with E-state index in [-0.39, 0.29) is 0 Å². The lowest BCUT2D eigenvalue weighted by molar-refractivity contribution is 1.17. The fourth-order valence-corrected chi connectivity index (χ4v) is 6.06. The van der Waals surface area contributed by atoms with Gasteiger partial charge in [0.25, 0.3) is 0 Å².